The second kappa shape index (κ2) is 13.5. The highest BCUT2D eigenvalue weighted by molar-refractivity contribution is 6.01. The van der Waals surface area contributed by atoms with E-state index < -0.39 is 17.6 Å². The Morgan fingerprint density at radius 3 is 2.39 bits per heavy atom. The number of aromatic nitrogens is 7. The van der Waals surface area contributed by atoms with Crippen LogP contribution >= 0.6 is 0 Å². The number of halogens is 1. The molecule has 1 aromatic carbocycles. The Balaban J connectivity index is 0.970. The highest BCUT2D eigenvalue weighted by Crippen LogP contribution is 2.27. The summed E-state index contributed by atoms with van der Waals surface area (Å²) in [4.78, 5) is 54.2. The second-order valence-corrected chi connectivity index (χ2v) is 9.99. The number of rotatable bonds is 11. The van der Waals surface area contributed by atoms with Gasteiger partial charge in [0, 0.05) is 30.9 Å². The third-order valence-electron chi connectivity index (χ3n) is 6.75. The highest BCUT2D eigenvalue weighted by atomic mass is 19.1. The zero-order chi connectivity index (χ0) is 31.9. The molecule has 16 heteroatoms. The van der Waals surface area contributed by atoms with Crippen LogP contribution < -0.4 is 16.0 Å². The van der Waals surface area contributed by atoms with Crippen molar-refractivity contribution in [1.82, 2.24) is 40.7 Å². The van der Waals surface area contributed by atoms with Crippen molar-refractivity contribution in [1.29, 1.82) is 0 Å². The largest absolute Gasteiger partial charge is 0.451 e. The summed E-state index contributed by atoms with van der Waals surface area (Å²) >= 11 is 0. The Kier molecular flexibility index (Phi) is 8.76. The summed E-state index contributed by atoms with van der Waals surface area (Å²) < 4.78 is 19.6. The molecule has 1 aliphatic heterocycles. The van der Waals surface area contributed by atoms with Gasteiger partial charge in [-0.1, -0.05) is 24.3 Å². The highest BCUT2D eigenvalue weighted by Gasteiger charge is 2.20. The Morgan fingerprint density at radius 1 is 0.870 bits per heavy atom. The Bertz CT molecular complexity index is 1940. The maximum absolute atomic E-state index is 13.8. The number of aromatic amines is 2. The quantitative estimate of drug-likeness (QED) is 0.146. The monoisotopic (exact) mass is 623 g/mol. The number of allylic oxidation sites excluding steroid dienone is 1. The van der Waals surface area contributed by atoms with Crippen molar-refractivity contribution in [3.63, 3.8) is 0 Å². The van der Waals surface area contributed by atoms with Gasteiger partial charge in [-0.3, -0.25) is 45.2 Å². The van der Waals surface area contributed by atoms with Crippen LogP contribution in [-0.2, 0) is 16.0 Å². The zero-order valence-electron chi connectivity index (χ0n) is 24.1. The lowest BCUT2D eigenvalue weighted by molar-refractivity contribution is -0.116. The molecule has 5 aromatic rings. The molecule has 15 nitrogen and oxygen atoms in total. The third kappa shape index (κ3) is 7.24. The maximum atomic E-state index is 13.8. The molecule has 0 aliphatic carbocycles. The van der Waals surface area contributed by atoms with E-state index in [1.165, 1.54) is 12.1 Å². The van der Waals surface area contributed by atoms with Gasteiger partial charge in [-0.15, -0.1) is 10.2 Å². The van der Waals surface area contributed by atoms with Gasteiger partial charge in [-0.2, -0.15) is 9.97 Å². The molecule has 0 spiro atoms. The topological polar surface area (TPSA) is 209 Å². The fraction of sp³-hybridized carbons (Fsp3) is 0.167. The number of nitrogens with one attached hydrogen (secondary N) is 5. The first kappa shape index (κ1) is 29.7. The number of pyridine rings is 1. The predicted octanol–water partition coefficient (Wildman–Crippen LogP) is 3.28. The van der Waals surface area contributed by atoms with E-state index in [2.05, 4.69) is 56.3 Å². The molecule has 5 N–H and O–H groups in total. The molecule has 46 heavy (non-hydrogen) atoms. The van der Waals surface area contributed by atoms with Crippen LogP contribution in [0.15, 0.2) is 76.4 Å². The predicted molar refractivity (Wildman–Crippen MR) is 163 cm³/mol. The van der Waals surface area contributed by atoms with Gasteiger partial charge >= 0.3 is 0 Å². The Morgan fingerprint density at radius 2 is 1.63 bits per heavy atom. The molecular formula is C30H26FN11O4. The molecular weight excluding hydrogens is 597 g/mol. The number of aliphatic imine (C=N–C) groups is 1. The average Bonchev–Trinajstić information content (AvgIpc) is 3.85. The SMILES string of the molecule is O=C(Cc1ccccc1F)Nc1n[nH]c(C2=NC=C(c3ccc(C(=O)NCCC(=O)Nc4n[nH]c(-c5ccccn5)n4)o3)CC2)n1. The van der Waals surface area contributed by atoms with E-state index in [0.717, 1.165) is 5.57 Å². The first-order chi connectivity index (χ1) is 22.4. The maximum Gasteiger partial charge on any atom is 0.287 e. The molecule has 4 aromatic heterocycles. The van der Waals surface area contributed by atoms with Gasteiger partial charge < -0.3 is 9.73 Å². The standard InChI is InChI=1S/C30H26FN11O4/c31-19-6-2-1-5-17(19)15-25(44)36-30-38-27(40-42-30)21-9-8-18(16-34-21)22-10-11-23(46-22)28(45)33-14-12-24(43)35-29-37-26(39-41-29)20-7-3-4-13-32-20/h1-7,10-11,13,16H,8-9,12,14-15H2,(H,33,45)(H2,35,37,39,41,43)(H2,36,38,40,42,44). The molecule has 0 radical (unpaired) electrons. The molecule has 232 valence electrons. The van der Waals surface area contributed by atoms with Crippen molar-refractivity contribution < 1.29 is 23.2 Å². The fourth-order valence-corrected chi connectivity index (χ4v) is 4.47. The molecule has 5 heterocycles. The van der Waals surface area contributed by atoms with Crippen molar-refractivity contribution in [2.24, 2.45) is 4.99 Å². The number of amides is 3. The van der Waals surface area contributed by atoms with Crippen LogP contribution in [-0.4, -0.2) is 65.3 Å². The number of carbonyl (C=O) groups excluding carboxylic acids is 3. The van der Waals surface area contributed by atoms with E-state index in [1.54, 1.807) is 48.8 Å². The second-order valence-electron chi connectivity index (χ2n) is 9.99. The van der Waals surface area contributed by atoms with E-state index in [9.17, 15) is 18.8 Å². The van der Waals surface area contributed by atoms with E-state index in [4.69, 9.17) is 4.42 Å². The van der Waals surface area contributed by atoms with Crippen molar-refractivity contribution >= 4 is 40.9 Å². The van der Waals surface area contributed by atoms with Crippen LogP contribution in [0.4, 0.5) is 16.3 Å². The van der Waals surface area contributed by atoms with Crippen LogP contribution in [0.25, 0.3) is 17.1 Å². The third-order valence-corrected chi connectivity index (χ3v) is 6.75. The number of hydrogen-bond donors (Lipinski definition) is 5. The van der Waals surface area contributed by atoms with Gasteiger partial charge in [0.2, 0.25) is 23.7 Å². The molecule has 6 rings (SSSR count). The fourth-order valence-electron chi connectivity index (χ4n) is 4.47. The summed E-state index contributed by atoms with van der Waals surface area (Å²) in [5, 5.41) is 21.2. The van der Waals surface area contributed by atoms with Crippen LogP contribution in [0.3, 0.4) is 0 Å². The molecule has 0 atom stereocenters. The summed E-state index contributed by atoms with van der Waals surface area (Å²) in [5.74, 6) is -0.228. The van der Waals surface area contributed by atoms with Gasteiger partial charge in [0.15, 0.2) is 17.4 Å². The van der Waals surface area contributed by atoms with E-state index >= 15 is 0 Å². The molecule has 0 saturated heterocycles. The zero-order valence-corrected chi connectivity index (χ0v) is 24.1. The molecule has 1 aliphatic rings. The molecule has 0 saturated carbocycles. The molecule has 0 unspecified atom stereocenters. The minimum Gasteiger partial charge on any atom is -0.451 e. The minimum absolute atomic E-state index is 0.00593. The van der Waals surface area contributed by atoms with Gasteiger partial charge in [0.1, 0.15) is 17.3 Å². The van der Waals surface area contributed by atoms with Crippen molar-refractivity contribution in [2.45, 2.75) is 25.7 Å². The van der Waals surface area contributed by atoms with Crippen LogP contribution in [0.1, 0.15) is 47.0 Å². The van der Waals surface area contributed by atoms with E-state index in [1.807, 2.05) is 6.07 Å². The van der Waals surface area contributed by atoms with Crippen LogP contribution in [0, 0.1) is 5.82 Å². The lowest BCUT2D eigenvalue weighted by atomic mass is 10.0. The lowest BCUT2D eigenvalue weighted by Crippen LogP contribution is -2.27. The number of benzene rings is 1. The average molecular weight is 624 g/mol. The summed E-state index contributed by atoms with van der Waals surface area (Å²) in [6.07, 6.45) is 4.12. The van der Waals surface area contributed by atoms with Crippen LogP contribution in [0.5, 0.6) is 0 Å². The first-order valence-corrected chi connectivity index (χ1v) is 14.1. The van der Waals surface area contributed by atoms with Gasteiger partial charge in [-0.25, -0.2) is 4.39 Å². The van der Waals surface area contributed by atoms with Crippen molar-refractivity contribution in [3.8, 4) is 11.5 Å². The summed E-state index contributed by atoms with van der Waals surface area (Å²) in [7, 11) is 0. The van der Waals surface area contributed by atoms with E-state index in [-0.39, 0.29) is 48.5 Å². The Labute approximate surface area is 259 Å². The smallest absolute Gasteiger partial charge is 0.287 e. The van der Waals surface area contributed by atoms with Crippen molar-refractivity contribution in [3.05, 3.63) is 95.7 Å². The van der Waals surface area contributed by atoms with Crippen molar-refractivity contribution in [2.75, 3.05) is 17.2 Å². The summed E-state index contributed by atoms with van der Waals surface area (Å²) in [6.45, 7) is 0.0668. The summed E-state index contributed by atoms with van der Waals surface area (Å²) in [6, 6.07) is 14.6. The normalized spacial score (nSPS) is 12.6. The van der Waals surface area contributed by atoms with Gasteiger partial charge in [0.05, 0.1) is 12.1 Å². The number of anilines is 2. The Hall–Kier alpha value is -6.32. The molecule has 3 amide bonds. The van der Waals surface area contributed by atoms with E-state index in [0.29, 0.717) is 41.7 Å². The number of furan rings is 1. The number of H-pyrrole nitrogens is 2. The van der Waals surface area contributed by atoms with Gasteiger partial charge in [-0.05, 0) is 48.7 Å². The first-order valence-electron chi connectivity index (χ1n) is 14.1. The number of carbonyl (C=O) groups is 3. The minimum atomic E-state index is -0.471. The summed E-state index contributed by atoms with van der Waals surface area (Å²) in [5.41, 5.74) is 2.25. The number of hydrogen-bond acceptors (Lipinski definition) is 10. The van der Waals surface area contributed by atoms with Gasteiger partial charge in [0.25, 0.3) is 5.91 Å². The lowest BCUT2D eigenvalue weighted by Gasteiger charge is -2.10. The molecule has 0 fully saturated rings. The van der Waals surface area contributed by atoms with Crippen LogP contribution in [0.2, 0.25) is 0 Å². The molecule has 0 bridgehead atoms. The number of nitrogens with zero attached hydrogens (tertiary/aromatic N) is 6.